The van der Waals surface area contributed by atoms with E-state index < -0.39 is 0 Å². The predicted molar refractivity (Wildman–Crippen MR) is 85.1 cm³/mol. The zero-order chi connectivity index (χ0) is 14.1. The second-order valence-corrected chi connectivity index (χ2v) is 7.48. The van der Waals surface area contributed by atoms with Crippen LogP contribution in [0.3, 0.4) is 0 Å². The van der Waals surface area contributed by atoms with E-state index >= 15 is 0 Å². The van der Waals surface area contributed by atoms with Gasteiger partial charge in [-0.15, -0.1) is 0 Å². The summed E-state index contributed by atoms with van der Waals surface area (Å²) in [6.45, 7) is 11.0. The van der Waals surface area contributed by atoms with Crippen LogP contribution in [0.4, 0.5) is 0 Å². The van der Waals surface area contributed by atoms with E-state index in [0.717, 1.165) is 0 Å². The summed E-state index contributed by atoms with van der Waals surface area (Å²) in [6.07, 6.45) is 3.98. The average molecular weight is 272 g/mol. The Morgan fingerprint density at radius 3 is 2.65 bits per heavy atom. The van der Waals surface area contributed by atoms with Crippen LogP contribution in [0.15, 0.2) is 30.3 Å². The third-order valence-corrected chi connectivity index (χ3v) is 5.31. The third kappa shape index (κ3) is 2.91. The van der Waals surface area contributed by atoms with Gasteiger partial charge in [-0.25, -0.2) is 0 Å². The minimum atomic E-state index is 0.335. The molecule has 2 saturated heterocycles. The standard InChI is InChI=1S/C18H28N2/c1-17(10-11-19-13-17)14-20-12-6-9-18(2,15-20)16-7-4-3-5-8-16/h3-5,7-8,19H,6,9-15H2,1-2H3. The lowest BCUT2D eigenvalue weighted by atomic mass is 9.75. The summed E-state index contributed by atoms with van der Waals surface area (Å²) in [4.78, 5) is 2.71. The molecule has 0 aromatic heterocycles. The molecule has 20 heavy (non-hydrogen) atoms. The van der Waals surface area contributed by atoms with Crippen LogP contribution in [-0.2, 0) is 5.41 Å². The molecule has 110 valence electrons. The largest absolute Gasteiger partial charge is 0.316 e. The minimum absolute atomic E-state index is 0.335. The molecule has 1 aromatic rings. The van der Waals surface area contributed by atoms with Crippen LogP contribution in [0.5, 0.6) is 0 Å². The van der Waals surface area contributed by atoms with Gasteiger partial charge in [0.05, 0.1) is 0 Å². The van der Waals surface area contributed by atoms with Crippen LogP contribution >= 0.6 is 0 Å². The Hall–Kier alpha value is -0.860. The van der Waals surface area contributed by atoms with E-state index in [0.29, 0.717) is 10.8 Å². The normalized spacial score (nSPS) is 35.3. The Labute approximate surface area is 123 Å². The SMILES string of the molecule is CC1(CN2CCCC(C)(c3ccccc3)C2)CCNC1. The van der Waals surface area contributed by atoms with Gasteiger partial charge in [0.15, 0.2) is 0 Å². The Morgan fingerprint density at radius 1 is 1.15 bits per heavy atom. The fourth-order valence-electron chi connectivity index (χ4n) is 4.10. The van der Waals surface area contributed by atoms with Gasteiger partial charge in [-0.2, -0.15) is 0 Å². The van der Waals surface area contributed by atoms with E-state index in [2.05, 4.69) is 54.4 Å². The molecule has 0 bridgehead atoms. The number of benzene rings is 1. The van der Waals surface area contributed by atoms with E-state index in [9.17, 15) is 0 Å². The molecule has 0 radical (unpaired) electrons. The van der Waals surface area contributed by atoms with Crippen molar-refractivity contribution < 1.29 is 0 Å². The van der Waals surface area contributed by atoms with Crippen molar-refractivity contribution in [3.63, 3.8) is 0 Å². The zero-order valence-electron chi connectivity index (χ0n) is 13.0. The molecule has 2 atom stereocenters. The Morgan fingerprint density at radius 2 is 1.95 bits per heavy atom. The van der Waals surface area contributed by atoms with Crippen molar-refractivity contribution >= 4 is 0 Å². The van der Waals surface area contributed by atoms with Gasteiger partial charge in [-0.1, -0.05) is 44.2 Å². The molecule has 1 N–H and O–H groups in total. The van der Waals surface area contributed by atoms with Crippen molar-refractivity contribution in [3.8, 4) is 0 Å². The molecule has 2 unspecified atom stereocenters. The van der Waals surface area contributed by atoms with Gasteiger partial charge in [-0.05, 0) is 43.3 Å². The lowest BCUT2D eigenvalue weighted by Gasteiger charge is -2.43. The topological polar surface area (TPSA) is 15.3 Å². The Kier molecular flexibility index (Phi) is 3.87. The van der Waals surface area contributed by atoms with Crippen LogP contribution in [0, 0.1) is 5.41 Å². The van der Waals surface area contributed by atoms with Crippen LogP contribution in [0.25, 0.3) is 0 Å². The fraction of sp³-hybridized carbons (Fsp3) is 0.667. The van der Waals surface area contributed by atoms with Crippen molar-refractivity contribution in [1.29, 1.82) is 0 Å². The van der Waals surface area contributed by atoms with E-state index in [1.54, 1.807) is 0 Å². The smallest absolute Gasteiger partial charge is 0.00762 e. The molecule has 0 spiro atoms. The quantitative estimate of drug-likeness (QED) is 0.910. The number of likely N-dealkylation sites (tertiary alicyclic amines) is 1. The summed E-state index contributed by atoms with van der Waals surface area (Å²) < 4.78 is 0. The first-order valence-electron chi connectivity index (χ1n) is 8.08. The van der Waals surface area contributed by atoms with Gasteiger partial charge in [0, 0.05) is 25.0 Å². The molecule has 0 aliphatic carbocycles. The highest BCUT2D eigenvalue weighted by Crippen LogP contribution is 2.35. The van der Waals surface area contributed by atoms with E-state index in [1.807, 2.05) is 0 Å². The van der Waals surface area contributed by atoms with Gasteiger partial charge in [0.1, 0.15) is 0 Å². The summed E-state index contributed by atoms with van der Waals surface area (Å²) in [6, 6.07) is 11.1. The molecular formula is C18H28N2. The van der Waals surface area contributed by atoms with Crippen molar-refractivity contribution in [1.82, 2.24) is 10.2 Å². The van der Waals surface area contributed by atoms with Crippen molar-refractivity contribution in [3.05, 3.63) is 35.9 Å². The summed E-state index contributed by atoms with van der Waals surface area (Å²) in [5, 5.41) is 3.53. The van der Waals surface area contributed by atoms with Gasteiger partial charge in [0.2, 0.25) is 0 Å². The molecule has 2 heterocycles. The maximum absolute atomic E-state index is 3.53. The van der Waals surface area contributed by atoms with Crippen LogP contribution in [-0.4, -0.2) is 37.6 Å². The number of nitrogens with one attached hydrogen (secondary N) is 1. The van der Waals surface area contributed by atoms with Crippen LogP contribution in [0.2, 0.25) is 0 Å². The van der Waals surface area contributed by atoms with Gasteiger partial charge in [0.25, 0.3) is 0 Å². The van der Waals surface area contributed by atoms with Gasteiger partial charge >= 0.3 is 0 Å². The van der Waals surface area contributed by atoms with E-state index in [4.69, 9.17) is 0 Å². The van der Waals surface area contributed by atoms with E-state index in [1.165, 1.54) is 57.5 Å². The molecule has 0 amide bonds. The Balaban J connectivity index is 1.70. The van der Waals surface area contributed by atoms with Crippen molar-refractivity contribution in [2.75, 3.05) is 32.7 Å². The maximum Gasteiger partial charge on any atom is 0.00762 e. The number of hydrogen-bond acceptors (Lipinski definition) is 2. The number of rotatable bonds is 3. The summed E-state index contributed by atoms with van der Waals surface area (Å²) in [5.74, 6) is 0. The first-order valence-corrected chi connectivity index (χ1v) is 8.08. The minimum Gasteiger partial charge on any atom is -0.316 e. The summed E-state index contributed by atoms with van der Waals surface area (Å²) in [7, 11) is 0. The van der Waals surface area contributed by atoms with Crippen LogP contribution < -0.4 is 5.32 Å². The van der Waals surface area contributed by atoms with E-state index in [-0.39, 0.29) is 0 Å². The highest BCUT2D eigenvalue weighted by atomic mass is 15.2. The molecule has 2 aliphatic rings. The van der Waals surface area contributed by atoms with Crippen molar-refractivity contribution in [2.24, 2.45) is 5.41 Å². The van der Waals surface area contributed by atoms with Gasteiger partial charge < -0.3 is 10.2 Å². The second kappa shape index (κ2) is 5.50. The lowest BCUT2D eigenvalue weighted by molar-refractivity contribution is 0.109. The zero-order valence-corrected chi connectivity index (χ0v) is 13.0. The first kappa shape index (κ1) is 14.1. The van der Waals surface area contributed by atoms with Crippen LogP contribution in [0.1, 0.15) is 38.7 Å². The molecule has 2 aliphatic heterocycles. The number of nitrogens with zero attached hydrogens (tertiary/aromatic N) is 1. The molecule has 2 nitrogen and oxygen atoms in total. The number of piperidine rings is 1. The average Bonchev–Trinajstić information content (AvgIpc) is 2.86. The number of hydrogen-bond donors (Lipinski definition) is 1. The molecule has 2 fully saturated rings. The van der Waals surface area contributed by atoms with Gasteiger partial charge in [-0.3, -0.25) is 0 Å². The highest BCUT2D eigenvalue weighted by molar-refractivity contribution is 5.25. The second-order valence-electron chi connectivity index (χ2n) is 7.48. The monoisotopic (exact) mass is 272 g/mol. The predicted octanol–water partition coefficient (Wildman–Crippen LogP) is 3.04. The molecule has 2 heteroatoms. The molecule has 1 aromatic carbocycles. The third-order valence-electron chi connectivity index (χ3n) is 5.31. The molecule has 0 saturated carbocycles. The lowest BCUT2D eigenvalue weighted by Crippen LogP contribution is -2.48. The molecule has 3 rings (SSSR count). The summed E-state index contributed by atoms with van der Waals surface area (Å²) >= 11 is 0. The fourth-order valence-corrected chi connectivity index (χ4v) is 4.10. The summed E-state index contributed by atoms with van der Waals surface area (Å²) in [5.41, 5.74) is 2.33. The highest BCUT2D eigenvalue weighted by Gasteiger charge is 2.36. The molecular weight excluding hydrogens is 244 g/mol. The van der Waals surface area contributed by atoms with Crippen molar-refractivity contribution in [2.45, 2.75) is 38.5 Å². The maximum atomic E-state index is 3.53. The first-order chi connectivity index (χ1) is 9.60. The Bertz CT molecular complexity index is 436.